The van der Waals surface area contributed by atoms with Gasteiger partial charge in [0.2, 0.25) is 0 Å². The minimum absolute atomic E-state index is 0.0666. The number of hydrogen-bond donors (Lipinski definition) is 3. The van der Waals surface area contributed by atoms with Crippen LogP contribution in [0.25, 0.3) is 0 Å². The van der Waals surface area contributed by atoms with Crippen LogP contribution in [-0.4, -0.2) is 21.6 Å². The third kappa shape index (κ3) is 4.70. The van der Waals surface area contributed by atoms with Crippen LogP contribution in [0, 0.1) is 0 Å². The number of benzene rings is 1. The van der Waals surface area contributed by atoms with E-state index in [0.29, 0.717) is 6.54 Å². The van der Waals surface area contributed by atoms with E-state index in [1.165, 1.54) is 0 Å². The molecule has 8 heteroatoms. The molecule has 7 nitrogen and oxygen atoms in total. The quantitative estimate of drug-likeness (QED) is 0.690. The van der Waals surface area contributed by atoms with Crippen LogP contribution in [-0.2, 0) is 28.0 Å². The fraction of sp³-hybridized carbons (Fsp3) is 0.300. The van der Waals surface area contributed by atoms with Crippen molar-refractivity contribution < 1.29 is 17.9 Å². The SMILES string of the molecule is COC(=O)NS(=O)(=O)NCc1ccc(CN)cc1. The molecule has 1 aromatic carbocycles. The molecule has 0 aliphatic carbocycles. The van der Waals surface area contributed by atoms with Crippen LogP contribution in [0.1, 0.15) is 11.1 Å². The second kappa shape index (κ2) is 6.34. The van der Waals surface area contributed by atoms with E-state index in [1.807, 2.05) is 0 Å². The number of methoxy groups -OCH3 is 1. The predicted octanol–water partition coefficient (Wildman–Crippen LogP) is -0.164. The van der Waals surface area contributed by atoms with Gasteiger partial charge in [-0.15, -0.1) is 0 Å². The monoisotopic (exact) mass is 273 g/mol. The van der Waals surface area contributed by atoms with Crippen molar-refractivity contribution in [2.45, 2.75) is 13.1 Å². The molecule has 0 aromatic heterocycles. The van der Waals surface area contributed by atoms with Gasteiger partial charge < -0.3 is 10.5 Å². The zero-order valence-electron chi connectivity index (χ0n) is 9.84. The molecule has 0 atom stereocenters. The molecule has 0 saturated carbocycles. The van der Waals surface area contributed by atoms with Gasteiger partial charge in [0.25, 0.3) is 0 Å². The second-order valence-corrected chi connectivity index (χ2v) is 4.94. The summed E-state index contributed by atoms with van der Waals surface area (Å²) in [5, 5.41) is 0. The summed E-state index contributed by atoms with van der Waals surface area (Å²) >= 11 is 0. The fourth-order valence-corrected chi connectivity index (χ4v) is 1.89. The third-order valence-corrected chi connectivity index (χ3v) is 3.09. The van der Waals surface area contributed by atoms with Crippen molar-refractivity contribution >= 4 is 16.3 Å². The first kappa shape index (κ1) is 14.4. The van der Waals surface area contributed by atoms with Crippen LogP contribution in [0.4, 0.5) is 4.79 Å². The standard InChI is InChI=1S/C10H15N3O4S/c1-17-10(14)13-18(15,16)12-7-9-4-2-8(6-11)3-5-9/h2-5,12H,6-7,11H2,1H3,(H,13,14). The van der Waals surface area contributed by atoms with Gasteiger partial charge in [-0.25, -0.2) is 9.52 Å². The maximum Gasteiger partial charge on any atom is 0.421 e. The fourth-order valence-electron chi connectivity index (χ4n) is 1.16. The summed E-state index contributed by atoms with van der Waals surface area (Å²) in [6.45, 7) is 0.493. The summed E-state index contributed by atoms with van der Waals surface area (Å²) in [7, 11) is -2.83. The zero-order valence-corrected chi connectivity index (χ0v) is 10.7. The van der Waals surface area contributed by atoms with Crippen molar-refractivity contribution in [1.82, 2.24) is 9.44 Å². The van der Waals surface area contributed by atoms with Crippen molar-refractivity contribution in [3.05, 3.63) is 35.4 Å². The average Bonchev–Trinajstić information content (AvgIpc) is 2.36. The number of carbonyl (C=O) groups excluding carboxylic acids is 1. The summed E-state index contributed by atoms with van der Waals surface area (Å²) in [5.74, 6) is 0. The van der Waals surface area contributed by atoms with E-state index < -0.39 is 16.3 Å². The summed E-state index contributed by atoms with van der Waals surface area (Å²) in [5.41, 5.74) is 7.15. The van der Waals surface area contributed by atoms with Crippen LogP contribution in [0.5, 0.6) is 0 Å². The Bertz CT molecular complexity index is 498. The van der Waals surface area contributed by atoms with Gasteiger partial charge in [0.1, 0.15) is 0 Å². The van der Waals surface area contributed by atoms with Crippen molar-refractivity contribution in [3.63, 3.8) is 0 Å². The molecule has 1 rings (SSSR count). The van der Waals surface area contributed by atoms with E-state index >= 15 is 0 Å². The predicted molar refractivity (Wildman–Crippen MR) is 65.6 cm³/mol. The van der Waals surface area contributed by atoms with Crippen LogP contribution in [0.2, 0.25) is 0 Å². The molecule has 0 unspecified atom stereocenters. The Morgan fingerprint density at radius 2 is 1.83 bits per heavy atom. The molecule has 0 aliphatic heterocycles. The lowest BCUT2D eigenvalue weighted by Crippen LogP contribution is -2.39. The van der Waals surface area contributed by atoms with Crippen molar-refractivity contribution in [1.29, 1.82) is 0 Å². The first-order valence-electron chi connectivity index (χ1n) is 5.10. The largest absolute Gasteiger partial charge is 0.452 e. The topological polar surface area (TPSA) is 111 Å². The molecule has 0 heterocycles. The van der Waals surface area contributed by atoms with Crippen LogP contribution in [0.3, 0.4) is 0 Å². The molecule has 0 aliphatic rings. The maximum absolute atomic E-state index is 11.4. The molecule has 0 fully saturated rings. The number of carbonyl (C=O) groups is 1. The van der Waals surface area contributed by atoms with Gasteiger partial charge in [-0.05, 0) is 11.1 Å². The Hall–Kier alpha value is -1.64. The first-order chi connectivity index (χ1) is 8.46. The number of ether oxygens (including phenoxy) is 1. The summed E-state index contributed by atoms with van der Waals surface area (Å²) < 4.78 is 30.8. The van der Waals surface area contributed by atoms with Gasteiger partial charge in [0.05, 0.1) is 7.11 Å². The lowest BCUT2D eigenvalue weighted by Gasteiger charge is -2.07. The van der Waals surface area contributed by atoms with Crippen molar-refractivity contribution in [2.75, 3.05) is 7.11 Å². The van der Waals surface area contributed by atoms with Crippen LogP contribution >= 0.6 is 0 Å². The van der Waals surface area contributed by atoms with Gasteiger partial charge >= 0.3 is 16.3 Å². The molecule has 1 aromatic rings. The summed E-state index contributed by atoms with van der Waals surface area (Å²) in [6.07, 6.45) is -1.04. The number of nitrogens with two attached hydrogens (primary N) is 1. The van der Waals surface area contributed by atoms with E-state index in [9.17, 15) is 13.2 Å². The lowest BCUT2D eigenvalue weighted by molar-refractivity contribution is 0.177. The third-order valence-electron chi connectivity index (χ3n) is 2.13. The minimum atomic E-state index is -3.91. The molecule has 100 valence electrons. The molecular formula is C10H15N3O4S. The van der Waals surface area contributed by atoms with Gasteiger partial charge in [-0.1, -0.05) is 24.3 Å². The molecule has 0 saturated heterocycles. The van der Waals surface area contributed by atoms with E-state index in [2.05, 4.69) is 9.46 Å². The molecule has 4 N–H and O–H groups in total. The highest BCUT2D eigenvalue weighted by Gasteiger charge is 2.13. The van der Waals surface area contributed by atoms with Crippen LogP contribution in [0.15, 0.2) is 24.3 Å². The Labute approximate surface area is 106 Å². The van der Waals surface area contributed by atoms with E-state index in [-0.39, 0.29) is 6.54 Å². The normalized spacial score (nSPS) is 11.0. The smallest absolute Gasteiger partial charge is 0.421 e. The molecule has 0 radical (unpaired) electrons. The van der Waals surface area contributed by atoms with Gasteiger partial charge in [-0.3, -0.25) is 0 Å². The minimum Gasteiger partial charge on any atom is -0.452 e. The average molecular weight is 273 g/mol. The van der Waals surface area contributed by atoms with Crippen LogP contribution < -0.4 is 15.2 Å². The molecule has 1 amide bonds. The summed E-state index contributed by atoms with van der Waals surface area (Å²) in [4.78, 5) is 10.8. The van der Waals surface area contributed by atoms with E-state index in [1.54, 1.807) is 29.0 Å². The highest BCUT2D eigenvalue weighted by Crippen LogP contribution is 2.03. The zero-order chi connectivity index (χ0) is 13.6. The van der Waals surface area contributed by atoms with E-state index in [4.69, 9.17) is 5.73 Å². The van der Waals surface area contributed by atoms with Gasteiger partial charge in [-0.2, -0.15) is 13.1 Å². The lowest BCUT2D eigenvalue weighted by atomic mass is 10.1. The van der Waals surface area contributed by atoms with Crippen molar-refractivity contribution in [3.8, 4) is 0 Å². The Balaban J connectivity index is 2.56. The molecular weight excluding hydrogens is 258 g/mol. The number of nitrogens with one attached hydrogen (secondary N) is 2. The summed E-state index contributed by atoms with van der Waals surface area (Å²) in [6, 6.07) is 7.11. The Kier molecular flexibility index (Phi) is 5.08. The van der Waals surface area contributed by atoms with Crippen molar-refractivity contribution in [2.24, 2.45) is 5.73 Å². The van der Waals surface area contributed by atoms with Gasteiger partial charge in [0.15, 0.2) is 0 Å². The first-order valence-corrected chi connectivity index (χ1v) is 6.58. The highest BCUT2D eigenvalue weighted by atomic mass is 32.2. The number of amides is 1. The highest BCUT2D eigenvalue weighted by molar-refractivity contribution is 7.88. The number of hydrogen-bond acceptors (Lipinski definition) is 5. The molecule has 0 spiro atoms. The number of rotatable bonds is 5. The Morgan fingerprint density at radius 1 is 1.28 bits per heavy atom. The molecule has 18 heavy (non-hydrogen) atoms. The Morgan fingerprint density at radius 3 is 2.33 bits per heavy atom. The maximum atomic E-state index is 11.4. The second-order valence-electron chi connectivity index (χ2n) is 3.44. The van der Waals surface area contributed by atoms with E-state index in [0.717, 1.165) is 18.2 Å². The molecule has 0 bridgehead atoms. The van der Waals surface area contributed by atoms with Gasteiger partial charge in [0, 0.05) is 13.1 Å².